The minimum absolute atomic E-state index is 0.00694. The van der Waals surface area contributed by atoms with Crippen LogP contribution in [0.1, 0.15) is 26.7 Å². The van der Waals surface area contributed by atoms with Crippen LogP contribution in [0.25, 0.3) is 0 Å². The molecule has 2 aliphatic heterocycles. The number of non-ortho nitro benzene ring substituents is 2. The summed E-state index contributed by atoms with van der Waals surface area (Å²) in [5, 5.41) is 37.4. The Morgan fingerprint density at radius 3 is 1.46 bits per heavy atom. The summed E-state index contributed by atoms with van der Waals surface area (Å²) in [6.45, 7) is 3.83. The summed E-state index contributed by atoms with van der Waals surface area (Å²) in [5.41, 5.74) is -0.0586. The Morgan fingerprint density at radius 1 is 0.805 bits per heavy atom. The summed E-state index contributed by atoms with van der Waals surface area (Å²) in [7, 11) is 0. The van der Waals surface area contributed by atoms with E-state index >= 15 is 0 Å². The van der Waals surface area contributed by atoms with E-state index < -0.39 is 34.0 Å². The molecule has 41 heavy (non-hydrogen) atoms. The molecule has 220 valence electrons. The first-order chi connectivity index (χ1) is 19.4. The van der Waals surface area contributed by atoms with Gasteiger partial charge < -0.3 is 24.4 Å². The standard InChI is InChI=1S/C11H11NO5.C6H5NO3.C5H8O3.2CO2/c1-2-9-10(17-9)11(13)16-8-5-3-7(4-6-8)12(14)15;8-6-3-1-5(2-4-6)7(9)10;1-2-3-4(8-3)5(6)7;2*2-1-3/h3-6,9-10H,2H2,1H3;1-4,8H;3-4H,2H2,1H3,(H,6,7);;/t9-,10+;;3-,4+;;/m1.1../s1. The molecule has 2 aromatic carbocycles. The number of aliphatic carboxylic acids is 1. The number of esters is 1. The summed E-state index contributed by atoms with van der Waals surface area (Å²) in [4.78, 5) is 73.4. The summed E-state index contributed by atoms with van der Waals surface area (Å²) >= 11 is 0. The second kappa shape index (κ2) is 18.8. The van der Waals surface area contributed by atoms with Crippen LogP contribution < -0.4 is 4.74 Å². The van der Waals surface area contributed by atoms with Crippen LogP contribution in [-0.4, -0.2) is 68.7 Å². The van der Waals surface area contributed by atoms with Crippen LogP contribution in [0.4, 0.5) is 11.4 Å². The smallest absolute Gasteiger partial charge is 0.373 e. The summed E-state index contributed by atoms with van der Waals surface area (Å²) in [5.74, 6) is -0.973. The maximum absolute atomic E-state index is 11.5. The van der Waals surface area contributed by atoms with Crippen LogP contribution in [0.3, 0.4) is 0 Å². The zero-order valence-electron chi connectivity index (χ0n) is 21.4. The van der Waals surface area contributed by atoms with Crippen molar-refractivity contribution in [3.8, 4) is 11.5 Å². The molecule has 0 bridgehead atoms. The molecule has 0 unspecified atom stereocenters. The molecular formula is C24H24N2O15. The highest BCUT2D eigenvalue weighted by atomic mass is 16.6. The van der Waals surface area contributed by atoms with Crippen LogP contribution >= 0.6 is 0 Å². The predicted octanol–water partition coefficient (Wildman–Crippen LogP) is 2.06. The number of nitro benzene ring substituents is 2. The van der Waals surface area contributed by atoms with E-state index in [4.69, 9.17) is 43.6 Å². The van der Waals surface area contributed by atoms with Crippen LogP contribution in [0.15, 0.2) is 48.5 Å². The first kappa shape index (κ1) is 35.7. The lowest BCUT2D eigenvalue weighted by Gasteiger charge is -2.01. The molecule has 2 N–H and O–H groups in total. The largest absolute Gasteiger partial charge is 0.508 e. The summed E-state index contributed by atoms with van der Waals surface area (Å²) in [6.07, 6.45) is 1.01. The van der Waals surface area contributed by atoms with E-state index in [1.165, 1.54) is 48.5 Å². The number of carboxylic acid groups (broad SMARTS) is 1. The van der Waals surface area contributed by atoms with Gasteiger partial charge in [-0.1, -0.05) is 13.8 Å². The van der Waals surface area contributed by atoms with Gasteiger partial charge in [-0.25, -0.2) is 9.59 Å². The number of phenols is 1. The highest BCUT2D eigenvalue weighted by Crippen LogP contribution is 2.27. The fourth-order valence-corrected chi connectivity index (χ4v) is 2.72. The van der Waals surface area contributed by atoms with E-state index in [0.717, 1.165) is 12.8 Å². The number of carbonyl (C=O) groups is 2. The Bertz CT molecular complexity index is 1210. The van der Waals surface area contributed by atoms with Crippen molar-refractivity contribution in [2.45, 2.75) is 51.1 Å². The Morgan fingerprint density at radius 2 is 1.17 bits per heavy atom. The number of aromatic hydroxyl groups is 1. The number of carboxylic acids is 1. The maximum Gasteiger partial charge on any atom is 0.373 e. The Kier molecular flexibility index (Phi) is 16.4. The molecule has 2 aliphatic rings. The fraction of sp³-hybridized carbons (Fsp3) is 0.333. The molecule has 0 aromatic heterocycles. The van der Waals surface area contributed by atoms with E-state index in [0.29, 0.717) is 0 Å². The molecule has 0 aliphatic carbocycles. The van der Waals surface area contributed by atoms with Crippen molar-refractivity contribution in [3.63, 3.8) is 0 Å². The van der Waals surface area contributed by atoms with E-state index in [9.17, 15) is 29.8 Å². The van der Waals surface area contributed by atoms with Gasteiger partial charge in [-0.15, -0.1) is 0 Å². The lowest BCUT2D eigenvalue weighted by Crippen LogP contribution is -2.16. The van der Waals surface area contributed by atoms with E-state index in [-0.39, 0.29) is 47.4 Å². The van der Waals surface area contributed by atoms with Gasteiger partial charge in [0.15, 0.2) is 12.2 Å². The van der Waals surface area contributed by atoms with Gasteiger partial charge in [0.1, 0.15) is 11.5 Å². The molecule has 4 atom stereocenters. The van der Waals surface area contributed by atoms with Gasteiger partial charge in [-0.05, 0) is 37.1 Å². The molecule has 17 heteroatoms. The zero-order chi connectivity index (χ0) is 31.5. The monoisotopic (exact) mass is 580 g/mol. The maximum atomic E-state index is 11.5. The molecular weight excluding hydrogens is 556 g/mol. The van der Waals surface area contributed by atoms with Gasteiger partial charge in [0.25, 0.3) is 11.4 Å². The summed E-state index contributed by atoms with van der Waals surface area (Å²) in [6, 6.07) is 10.4. The number of nitro groups is 2. The number of benzene rings is 2. The number of hydrogen-bond acceptors (Lipinski definition) is 14. The van der Waals surface area contributed by atoms with Gasteiger partial charge in [-0.3, -0.25) is 20.2 Å². The average molecular weight is 580 g/mol. The SMILES string of the molecule is CC[C@H]1O[C@@H]1C(=O)O.CC[C@H]1O[C@@H]1C(=O)Oc1ccc([N+](=O)[O-])cc1.O=C=O.O=C=O.O=[N+]([O-])c1ccc(O)cc1. The van der Waals surface area contributed by atoms with Crippen molar-refractivity contribution < 1.29 is 63.0 Å². The molecule has 2 fully saturated rings. The number of phenolic OH excluding ortho intramolecular Hbond substituents is 1. The van der Waals surface area contributed by atoms with Crippen molar-refractivity contribution >= 4 is 35.6 Å². The van der Waals surface area contributed by atoms with E-state index in [1.54, 1.807) is 0 Å². The van der Waals surface area contributed by atoms with E-state index in [1.807, 2.05) is 13.8 Å². The van der Waals surface area contributed by atoms with Crippen molar-refractivity contribution in [3.05, 3.63) is 68.8 Å². The number of epoxide rings is 2. The van der Waals surface area contributed by atoms with Crippen molar-refractivity contribution in [1.82, 2.24) is 0 Å². The van der Waals surface area contributed by atoms with Crippen molar-refractivity contribution in [2.75, 3.05) is 0 Å². The molecule has 0 amide bonds. The fourth-order valence-electron chi connectivity index (χ4n) is 2.72. The Hall–Kier alpha value is -5.34. The van der Waals surface area contributed by atoms with E-state index in [2.05, 4.69) is 0 Å². The number of nitrogens with zero attached hydrogens (tertiary/aromatic N) is 2. The predicted molar refractivity (Wildman–Crippen MR) is 129 cm³/mol. The number of ether oxygens (including phenoxy) is 3. The van der Waals surface area contributed by atoms with Crippen LogP contribution in [0.2, 0.25) is 0 Å². The molecule has 0 spiro atoms. The second-order valence-electron chi connectivity index (χ2n) is 7.46. The third-order valence-corrected chi connectivity index (χ3v) is 4.77. The molecule has 0 radical (unpaired) electrons. The minimum atomic E-state index is -0.836. The number of rotatable bonds is 7. The van der Waals surface area contributed by atoms with Gasteiger partial charge >= 0.3 is 24.2 Å². The lowest BCUT2D eigenvalue weighted by atomic mass is 10.2. The molecule has 4 rings (SSSR count). The van der Waals surface area contributed by atoms with Gasteiger partial charge in [-0.2, -0.15) is 19.2 Å². The van der Waals surface area contributed by atoms with Crippen LogP contribution in [0, 0.1) is 20.2 Å². The average Bonchev–Trinajstić information content (AvgIpc) is 3.85. The quantitative estimate of drug-likeness (QED) is 0.156. The van der Waals surface area contributed by atoms with Crippen LogP contribution in [0.5, 0.6) is 11.5 Å². The number of hydrogen-bond donors (Lipinski definition) is 2. The molecule has 17 nitrogen and oxygen atoms in total. The van der Waals surface area contributed by atoms with Crippen LogP contribution in [-0.2, 0) is 38.2 Å². The van der Waals surface area contributed by atoms with Gasteiger partial charge in [0.2, 0.25) is 0 Å². The molecule has 2 heterocycles. The molecule has 0 saturated carbocycles. The lowest BCUT2D eigenvalue weighted by molar-refractivity contribution is -0.385. The highest BCUT2D eigenvalue weighted by Gasteiger charge is 2.45. The van der Waals surface area contributed by atoms with Gasteiger partial charge in [0.05, 0.1) is 22.1 Å². The minimum Gasteiger partial charge on any atom is -0.508 e. The van der Waals surface area contributed by atoms with Gasteiger partial charge in [0, 0.05) is 24.3 Å². The Balaban J connectivity index is 0.000000568. The zero-order valence-corrected chi connectivity index (χ0v) is 21.4. The molecule has 2 aromatic rings. The number of carbonyl (C=O) groups excluding carboxylic acids is 5. The first-order valence-corrected chi connectivity index (χ1v) is 11.3. The third kappa shape index (κ3) is 14.4. The topological polar surface area (TPSA) is 263 Å². The normalized spacial score (nSPS) is 18.5. The highest BCUT2D eigenvalue weighted by molar-refractivity contribution is 5.80. The molecule has 2 saturated heterocycles. The summed E-state index contributed by atoms with van der Waals surface area (Å²) < 4.78 is 14.8. The first-order valence-electron chi connectivity index (χ1n) is 11.3. The second-order valence-corrected chi connectivity index (χ2v) is 7.46. The third-order valence-electron chi connectivity index (χ3n) is 4.77. The van der Waals surface area contributed by atoms with Crippen molar-refractivity contribution in [2.24, 2.45) is 0 Å². The Labute approximate surface area is 230 Å². The van der Waals surface area contributed by atoms with Crippen molar-refractivity contribution in [1.29, 1.82) is 0 Å².